The largest absolute Gasteiger partial charge is 0.330 e. The predicted molar refractivity (Wildman–Crippen MR) is 50.5 cm³/mol. The molecule has 0 aliphatic rings. The van der Waals surface area contributed by atoms with Gasteiger partial charge in [-0.05, 0) is 26.0 Å². The number of carbonyl (C=O) groups excluding carboxylic acids is 1. The topological polar surface area (TPSA) is 60.9 Å². The molecular weight excluding hydrogens is 166 g/mol. The Labute approximate surface area is 77.7 Å². The molecule has 0 aromatic carbocycles. The predicted octanol–water partition coefficient (Wildman–Crippen LogP) is 0.825. The smallest absolute Gasteiger partial charge is 0.180 e. The van der Waals surface area contributed by atoms with Crippen LogP contribution >= 0.6 is 0 Å². The average Bonchev–Trinajstić information content (AvgIpc) is 2.61. The van der Waals surface area contributed by atoms with Gasteiger partial charge in [0.05, 0.1) is 0 Å². The first-order valence-electron chi connectivity index (χ1n) is 4.54. The van der Waals surface area contributed by atoms with E-state index in [0.29, 0.717) is 18.7 Å². The minimum Gasteiger partial charge on any atom is -0.330 e. The van der Waals surface area contributed by atoms with Gasteiger partial charge in [-0.25, -0.2) is 0 Å². The molecule has 72 valence electrons. The number of Topliss-reactive ketones (excluding diaryl/α,β-unsaturated/α-hetero) is 1. The van der Waals surface area contributed by atoms with Crippen molar-refractivity contribution in [3.63, 3.8) is 0 Å². The first kappa shape index (κ1) is 9.92. The summed E-state index contributed by atoms with van der Waals surface area (Å²) in [4.78, 5) is 11.5. The molecule has 0 aliphatic carbocycles. The molecule has 2 N–H and O–H groups in total. The van der Waals surface area contributed by atoms with E-state index in [1.165, 1.54) is 0 Å². The van der Waals surface area contributed by atoms with Gasteiger partial charge in [0.25, 0.3) is 0 Å². The summed E-state index contributed by atoms with van der Waals surface area (Å²) < 4.78 is 1.71. The summed E-state index contributed by atoms with van der Waals surface area (Å²) in [5.41, 5.74) is 6.02. The summed E-state index contributed by atoms with van der Waals surface area (Å²) >= 11 is 0. The molecule has 0 fully saturated rings. The number of nitrogens with zero attached hydrogens (tertiary/aromatic N) is 2. The number of aryl methyl sites for hydroxylation is 1. The summed E-state index contributed by atoms with van der Waals surface area (Å²) in [6, 6.07) is 1.75. The molecular formula is C9H15N3O. The van der Waals surface area contributed by atoms with E-state index < -0.39 is 0 Å². The van der Waals surface area contributed by atoms with Crippen LogP contribution in [0.5, 0.6) is 0 Å². The number of ketones is 1. The summed E-state index contributed by atoms with van der Waals surface area (Å²) in [7, 11) is 0. The fourth-order valence-corrected chi connectivity index (χ4v) is 1.21. The van der Waals surface area contributed by atoms with Crippen LogP contribution in [0.25, 0.3) is 0 Å². The molecule has 13 heavy (non-hydrogen) atoms. The van der Waals surface area contributed by atoms with Crippen molar-refractivity contribution < 1.29 is 4.79 Å². The van der Waals surface area contributed by atoms with Gasteiger partial charge in [0, 0.05) is 19.2 Å². The maximum Gasteiger partial charge on any atom is 0.180 e. The van der Waals surface area contributed by atoms with Crippen molar-refractivity contribution in [1.82, 2.24) is 9.78 Å². The Kier molecular flexibility index (Phi) is 3.64. The zero-order valence-electron chi connectivity index (χ0n) is 7.86. The third kappa shape index (κ3) is 2.39. The highest BCUT2D eigenvalue weighted by Gasteiger charge is 2.09. The zero-order chi connectivity index (χ0) is 9.68. The van der Waals surface area contributed by atoms with E-state index in [9.17, 15) is 4.79 Å². The van der Waals surface area contributed by atoms with Crippen LogP contribution in [0, 0.1) is 0 Å². The third-order valence-corrected chi connectivity index (χ3v) is 1.91. The highest BCUT2D eigenvalue weighted by molar-refractivity contribution is 5.94. The van der Waals surface area contributed by atoms with Gasteiger partial charge < -0.3 is 5.73 Å². The summed E-state index contributed by atoms with van der Waals surface area (Å²) in [5, 5.41) is 4.03. The normalized spacial score (nSPS) is 10.3. The van der Waals surface area contributed by atoms with Crippen molar-refractivity contribution in [3.05, 3.63) is 18.0 Å². The van der Waals surface area contributed by atoms with E-state index >= 15 is 0 Å². The molecule has 0 aliphatic heterocycles. The highest BCUT2D eigenvalue weighted by atomic mass is 16.1. The summed E-state index contributed by atoms with van der Waals surface area (Å²) in [5.74, 6) is 0.129. The molecule has 4 nitrogen and oxygen atoms in total. The van der Waals surface area contributed by atoms with Gasteiger partial charge in [0.2, 0.25) is 0 Å². The van der Waals surface area contributed by atoms with Crippen molar-refractivity contribution in [2.45, 2.75) is 26.3 Å². The van der Waals surface area contributed by atoms with Crippen LogP contribution in [0.4, 0.5) is 0 Å². The number of rotatable bonds is 5. The van der Waals surface area contributed by atoms with Crippen molar-refractivity contribution in [2.75, 3.05) is 6.54 Å². The van der Waals surface area contributed by atoms with Crippen LogP contribution in [0.15, 0.2) is 12.3 Å². The van der Waals surface area contributed by atoms with Gasteiger partial charge >= 0.3 is 0 Å². The Morgan fingerprint density at radius 1 is 1.69 bits per heavy atom. The maximum absolute atomic E-state index is 11.5. The van der Waals surface area contributed by atoms with Crippen molar-refractivity contribution in [2.24, 2.45) is 5.73 Å². The molecule has 0 saturated carbocycles. The van der Waals surface area contributed by atoms with Gasteiger partial charge in [0.15, 0.2) is 5.78 Å². The number of nitrogens with two attached hydrogens (primary N) is 1. The van der Waals surface area contributed by atoms with Gasteiger partial charge in [-0.3, -0.25) is 9.48 Å². The van der Waals surface area contributed by atoms with Crippen LogP contribution in [-0.2, 0) is 6.54 Å². The van der Waals surface area contributed by atoms with Gasteiger partial charge in [0.1, 0.15) is 5.69 Å². The fraction of sp³-hybridized carbons (Fsp3) is 0.556. The molecule has 0 spiro atoms. The van der Waals surface area contributed by atoms with E-state index in [1.54, 1.807) is 16.9 Å². The molecule has 1 aromatic rings. The number of hydrogen-bond donors (Lipinski definition) is 1. The Morgan fingerprint density at radius 2 is 2.46 bits per heavy atom. The van der Waals surface area contributed by atoms with Crippen LogP contribution in [0.3, 0.4) is 0 Å². The Morgan fingerprint density at radius 3 is 3.08 bits per heavy atom. The summed E-state index contributed by atoms with van der Waals surface area (Å²) in [6.07, 6.45) is 2.91. The minimum atomic E-state index is 0.129. The number of carbonyl (C=O) groups is 1. The highest BCUT2D eigenvalue weighted by Crippen LogP contribution is 2.04. The Balaban J connectivity index is 2.65. The van der Waals surface area contributed by atoms with Gasteiger partial charge in [-0.15, -0.1) is 0 Å². The molecule has 0 amide bonds. The molecule has 0 bridgehead atoms. The zero-order valence-corrected chi connectivity index (χ0v) is 7.86. The molecule has 0 unspecified atom stereocenters. The van der Waals surface area contributed by atoms with E-state index in [4.69, 9.17) is 5.73 Å². The first-order valence-corrected chi connectivity index (χ1v) is 4.54. The molecule has 0 saturated heterocycles. The minimum absolute atomic E-state index is 0.129. The quantitative estimate of drug-likeness (QED) is 0.684. The number of aromatic nitrogens is 2. The number of hydrogen-bond acceptors (Lipinski definition) is 3. The van der Waals surface area contributed by atoms with Crippen LogP contribution in [0.2, 0.25) is 0 Å². The van der Waals surface area contributed by atoms with Crippen molar-refractivity contribution in [3.8, 4) is 0 Å². The van der Waals surface area contributed by atoms with Crippen LogP contribution in [0.1, 0.15) is 30.3 Å². The summed E-state index contributed by atoms with van der Waals surface area (Å²) in [6.45, 7) is 3.26. The second-order valence-corrected chi connectivity index (χ2v) is 2.85. The van der Waals surface area contributed by atoms with Crippen molar-refractivity contribution >= 4 is 5.78 Å². The molecule has 0 radical (unpaired) electrons. The standard InChI is InChI=1S/C9H15N3O/c1-2-12-8(5-7-11-12)9(13)4-3-6-10/h5,7H,2-4,6,10H2,1H3. The SMILES string of the molecule is CCn1nccc1C(=O)CCCN. The van der Waals surface area contributed by atoms with Crippen LogP contribution < -0.4 is 5.73 Å². The molecule has 0 atom stereocenters. The van der Waals surface area contributed by atoms with E-state index in [0.717, 1.165) is 13.0 Å². The first-order chi connectivity index (χ1) is 6.29. The monoisotopic (exact) mass is 181 g/mol. The second kappa shape index (κ2) is 4.77. The fourth-order valence-electron chi connectivity index (χ4n) is 1.21. The lowest BCUT2D eigenvalue weighted by Crippen LogP contribution is -2.11. The molecule has 4 heteroatoms. The van der Waals surface area contributed by atoms with Crippen LogP contribution in [-0.4, -0.2) is 22.1 Å². The lowest BCUT2D eigenvalue weighted by Gasteiger charge is -2.02. The molecule has 1 heterocycles. The van der Waals surface area contributed by atoms with Crippen molar-refractivity contribution in [1.29, 1.82) is 0 Å². The maximum atomic E-state index is 11.5. The third-order valence-electron chi connectivity index (χ3n) is 1.91. The van der Waals surface area contributed by atoms with E-state index in [2.05, 4.69) is 5.10 Å². The molecule has 1 aromatic heterocycles. The van der Waals surface area contributed by atoms with Gasteiger partial charge in [-0.2, -0.15) is 5.10 Å². The van der Waals surface area contributed by atoms with Gasteiger partial charge in [-0.1, -0.05) is 0 Å². The Hall–Kier alpha value is -1.16. The second-order valence-electron chi connectivity index (χ2n) is 2.85. The lowest BCUT2D eigenvalue weighted by molar-refractivity contribution is 0.0970. The van der Waals surface area contributed by atoms with E-state index in [-0.39, 0.29) is 5.78 Å². The Bertz CT molecular complexity index is 280. The molecule has 1 rings (SSSR count). The van der Waals surface area contributed by atoms with E-state index in [1.807, 2.05) is 6.92 Å². The average molecular weight is 181 g/mol. The lowest BCUT2D eigenvalue weighted by atomic mass is 10.1.